The van der Waals surface area contributed by atoms with Crippen LogP contribution < -0.4 is 0 Å². The van der Waals surface area contributed by atoms with Crippen LogP contribution in [0.2, 0.25) is 0 Å². The molecule has 0 aromatic heterocycles. The van der Waals surface area contributed by atoms with E-state index in [1.807, 2.05) is 0 Å². The predicted molar refractivity (Wildman–Crippen MR) is 61.6 cm³/mol. The van der Waals surface area contributed by atoms with Gasteiger partial charge in [-0.15, -0.1) is 0 Å². The fourth-order valence-electron chi connectivity index (χ4n) is 0.630. The van der Waals surface area contributed by atoms with E-state index in [1.54, 1.807) is 0 Å². The van der Waals surface area contributed by atoms with Crippen molar-refractivity contribution in [1.29, 1.82) is 0 Å². The molecule has 2 nitrogen and oxygen atoms in total. The third kappa shape index (κ3) is 7.17. The lowest BCUT2D eigenvalue weighted by atomic mass is 10.2. The molecule has 0 radical (unpaired) electrons. The summed E-state index contributed by atoms with van der Waals surface area (Å²) in [5.41, 5.74) is 0. The van der Waals surface area contributed by atoms with E-state index >= 15 is 0 Å². The lowest BCUT2D eigenvalue weighted by Gasteiger charge is -2.05. The van der Waals surface area contributed by atoms with Crippen molar-refractivity contribution in [3.8, 4) is 0 Å². The summed E-state index contributed by atoms with van der Waals surface area (Å²) in [6, 6.07) is 0. The third-order valence-electron chi connectivity index (χ3n) is 1.26. The molecule has 0 bridgehead atoms. The number of aldehydes is 2. The van der Waals surface area contributed by atoms with Crippen LogP contribution in [0.15, 0.2) is 0 Å². The van der Waals surface area contributed by atoms with Crippen molar-refractivity contribution in [3.05, 3.63) is 0 Å². The second kappa shape index (κ2) is 7.45. The minimum atomic E-state index is 0.108. The van der Waals surface area contributed by atoms with E-state index in [0.717, 1.165) is 25.4 Å². The Morgan fingerprint density at radius 3 is 2.27 bits per heavy atom. The zero-order chi connectivity index (χ0) is 8.69. The molecule has 0 aliphatic heterocycles. The molecule has 0 aliphatic carbocycles. The molecule has 64 valence electrons. The van der Waals surface area contributed by atoms with Crippen molar-refractivity contribution in [3.63, 3.8) is 0 Å². The van der Waals surface area contributed by atoms with Crippen LogP contribution in [-0.2, 0) is 9.59 Å². The second-order valence-corrected chi connectivity index (χ2v) is 5.59. The number of hydrogen-bond donors (Lipinski definition) is 0. The van der Waals surface area contributed by atoms with Gasteiger partial charge in [0, 0.05) is 10.3 Å². The largest absolute Gasteiger partial charge is 0.303 e. The Morgan fingerprint density at radius 1 is 1.18 bits per heavy atom. The van der Waals surface area contributed by atoms with E-state index in [2.05, 4.69) is 45.2 Å². The molecule has 0 spiro atoms. The van der Waals surface area contributed by atoms with Gasteiger partial charge in [-0.2, -0.15) is 0 Å². The number of carbonyl (C=O) groups is 2. The van der Waals surface area contributed by atoms with E-state index < -0.39 is 0 Å². The molecule has 0 saturated carbocycles. The van der Waals surface area contributed by atoms with Crippen LogP contribution in [0.3, 0.4) is 0 Å². The highest BCUT2D eigenvalue weighted by molar-refractivity contribution is 14.1. The summed E-state index contributed by atoms with van der Waals surface area (Å²) in [5.74, 6) is 0. The van der Waals surface area contributed by atoms with Crippen molar-refractivity contribution in [2.24, 2.45) is 0 Å². The predicted octanol–water partition coefficient (Wildman–Crippen LogP) is 2.16. The Hall–Kier alpha value is 0.800. The maximum absolute atomic E-state index is 10.2. The molecule has 0 N–H and O–H groups in total. The number of halogens is 2. The van der Waals surface area contributed by atoms with Gasteiger partial charge in [0.1, 0.15) is 12.6 Å². The van der Waals surface area contributed by atoms with Crippen molar-refractivity contribution in [2.45, 2.75) is 27.1 Å². The molecule has 0 saturated heterocycles. The first-order chi connectivity index (χ1) is 5.20. The van der Waals surface area contributed by atoms with Gasteiger partial charge in [-0.25, -0.2) is 0 Å². The summed E-state index contributed by atoms with van der Waals surface area (Å²) < 4.78 is 0.499. The van der Waals surface area contributed by atoms with Gasteiger partial charge in [-0.05, 0) is 12.8 Å². The van der Waals surface area contributed by atoms with Gasteiger partial charge in [-0.3, -0.25) is 0 Å². The van der Waals surface area contributed by atoms with E-state index in [4.69, 9.17) is 0 Å². The van der Waals surface area contributed by atoms with Crippen LogP contribution >= 0.6 is 45.2 Å². The zero-order valence-corrected chi connectivity index (χ0v) is 10.3. The second-order valence-electron chi connectivity index (χ2n) is 2.23. The zero-order valence-electron chi connectivity index (χ0n) is 6.00. The number of rotatable bonds is 6. The summed E-state index contributed by atoms with van der Waals surface area (Å²) >= 11 is 4.35. The quantitative estimate of drug-likeness (QED) is 0.402. The van der Waals surface area contributed by atoms with Crippen LogP contribution in [0.4, 0.5) is 0 Å². The van der Waals surface area contributed by atoms with Gasteiger partial charge in [0.2, 0.25) is 0 Å². The van der Waals surface area contributed by atoms with E-state index in [1.165, 1.54) is 0 Å². The maximum Gasteiger partial charge on any atom is 0.132 e. The maximum atomic E-state index is 10.2. The SMILES string of the molecule is O=CCC(I)CCC(I)C=O. The van der Waals surface area contributed by atoms with Crippen molar-refractivity contribution >= 4 is 57.8 Å². The molecule has 0 amide bonds. The van der Waals surface area contributed by atoms with E-state index in [0.29, 0.717) is 10.3 Å². The van der Waals surface area contributed by atoms with Crippen molar-refractivity contribution in [1.82, 2.24) is 0 Å². The van der Waals surface area contributed by atoms with Gasteiger partial charge < -0.3 is 9.59 Å². The summed E-state index contributed by atoms with van der Waals surface area (Å²) in [4.78, 5) is 20.2. The summed E-state index contributed by atoms with van der Waals surface area (Å²) in [6.45, 7) is 0. The van der Waals surface area contributed by atoms with Gasteiger partial charge in [-0.1, -0.05) is 45.2 Å². The van der Waals surface area contributed by atoms with Crippen LogP contribution in [-0.4, -0.2) is 20.4 Å². The molecule has 0 heterocycles. The minimum Gasteiger partial charge on any atom is -0.303 e. The fourth-order valence-corrected chi connectivity index (χ4v) is 1.56. The van der Waals surface area contributed by atoms with Crippen LogP contribution in [0.25, 0.3) is 0 Å². The summed E-state index contributed by atoms with van der Waals surface area (Å²) in [6.07, 6.45) is 4.31. The van der Waals surface area contributed by atoms with Crippen molar-refractivity contribution < 1.29 is 9.59 Å². The molecule has 2 unspecified atom stereocenters. The molecule has 2 atom stereocenters. The number of alkyl halides is 2. The van der Waals surface area contributed by atoms with E-state index in [9.17, 15) is 9.59 Å². The highest BCUT2D eigenvalue weighted by atomic mass is 127. The Bertz CT molecular complexity index is 128. The monoisotopic (exact) mass is 380 g/mol. The highest BCUT2D eigenvalue weighted by Gasteiger charge is 2.06. The standard InChI is InChI=1S/C7H10I2O2/c8-6(3-4-10)1-2-7(9)5-11/h4-7H,1-3H2. The molecular weight excluding hydrogens is 370 g/mol. The summed E-state index contributed by atoms with van der Waals surface area (Å²) in [7, 11) is 0. The van der Waals surface area contributed by atoms with Gasteiger partial charge >= 0.3 is 0 Å². The van der Waals surface area contributed by atoms with Gasteiger partial charge in [0.25, 0.3) is 0 Å². The Labute approximate surface area is 93.8 Å². The molecule has 4 heteroatoms. The Morgan fingerprint density at radius 2 is 1.82 bits per heavy atom. The Balaban J connectivity index is 3.36. The smallest absolute Gasteiger partial charge is 0.132 e. The first-order valence-corrected chi connectivity index (χ1v) is 5.87. The van der Waals surface area contributed by atoms with Crippen LogP contribution in [0, 0.1) is 0 Å². The van der Waals surface area contributed by atoms with E-state index in [-0.39, 0.29) is 3.92 Å². The molecule has 11 heavy (non-hydrogen) atoms. The summed E-state index contributed by atoms with van der Waals surface area (Å²) in [5, 5.41) is 0. The van der Waals surface area contributed by atoms with Gasteiger partial charge in [0.15, 0.2) is 0 Å². The molecular formula is C7H10I2O2. The Kier molecular flexibility index (Phi) is 7.99. The topological polar surface area (TPSA) is 34.1 Å². The first-order valence-electron chi connectivity index (χ1n) is 3.37. The van der Waals surface area contributed by atoms with Gasteiger partial charge in [0.05, 0.1) is 3.92 Å². The molecule has 0 aromatic carbocycles. The highest BCUT2D eigenvalue weighted by Crippen LogP contribution is 2.15. The number of hydrogen-bond acceptors (Lipinski definition) is 2. The minimum absolute atomic E-state index is 0.108. The normalized spacial score (nSPS) is 15.5. The average molecular weight is 380 g/mol. The van der Waals surface area contributed by atoms with Crippen LogP contribution in [0.1, 0.15) is 19.3 Å². The molecule has 0 fully saturated rings. The average Bonchev–Trinajstić information content (AvgIpc) is 2.01. The van der Waals surface area contributed by atoms with Crippen molar-refractivity contribution in [2.75, 3.05) is 0 Å². The fraction of sp³-hybridized carbons (Fsp3) is 0.714. The molecule has 0 rings (SSSR count). The lowest BCUT2D eigenvalue weighted by Crippen LogP contribution is -2.05. The van der Waals surface area contributed by atoms with Crippen LogP contribution in [0.5, 0.6) is 0 Å². The lowest BCUT2D eigenvalue weighted by molar-refractivity contribution is -0.108. The molecule has 0 aromatic rings. The number of carbonyl (C=O) groups excluding carboxylic acids is 2. The first kappa shape index (κ1) is 11.8. The third-order valence-corrected chi connectivity index (χ3v) is 3.30. The molecule has 0 aliphatic rings.